The van der Waals surface area contributed by atoms with Crippen molar-refractivity contribution in [3.63, 3.8) is 0 Å². The molecule has 2 heterocycles. The van der Waals surface area contributed by atoms with E-state index in [1.54, 1.807) is 12.1 Å². The molecule has 4 nitrogen and oxygen atoms in total. The van der Waals surface area contributed by atoms with Gasteiger partial charge in [0.05, 0.1) is 15.1 Å². The highest BCUT2D eigenvalue weighted by molar-refractivity contribution is 8.03. The van der Waals surface area contributed by atoms with Crippen LogP contribution in [0.4, 0.5) is 0 Å². The van der Waals surface area contributed by atoms with Gasteiger partial charge in [-0.2, -0.15) is 5.26 Å². The lowest BCUT2D eigenvalue weighted by Crippen LogP contribution is -2.35. The fourth-order valence-corrected chi connectivity index (χ4v) is 4.13. The molecule has 0 bridgehead atoms. The van der Waals surface area contributed by atoms with Crippen LogP contribution in [0.1, 0.15) is 23.8 Å². The minimum absolute atomic E-state index is 0.197. The Hall–Kier alpha value is -1.35. The summed E-state index contributed by atoms with van der Waals surface area (Å²) in [5, 5.41) is 13.6. The molecule has 114 valence electrons. The molecule has 1 aromatic rings. The second-order valence-corrected chi connectivity index (χ2v) is 7.04. The molecule has 1 unspecified atom stereocenters. The molecule has 1 amide bonds. The number of nitrogens with zero attached hydrogens (tertiary/aromatic N) is 2. The van der Waals surface area contributed by atoms with Gasteiger partial charge >= 0.3 is 0 Å². The number of thioether (sulfide) groups is 1. The zero-order chi connectivity index (χ0) is 15.7. The molecule has 2 aliphatic heterocycles. The van der Waals surface area contributed by atoms with Crippen molar-refractivity contribution in [2.45, 2.75) is 18.2 Å². The summed E-state index contributed by atoms with van der Waals surface area (Å²) in [4.78, 5) is 14.4. The predicted octanol–water partition coefficient (Wildman–Crippen LogP) is 3.69. The summed E-state index contributed by atoms with van der Waals surface area (Å²) >= 11 is 13.5. The molecule has 1 saturated heterocycles. The Morgan fingerprint density at radius 3 is 2.64 bits per heavy atom. The molecule has 1 atom stereocenters. The van der Waals surface area contributed by atoms with Gasteiger partial charge in [0.1, 0.15) is 17.0 Å². The summed E-state index contributed by atoms with van der Waals surface area (Å²) < 4.78 is 0. The third kappa shape index (κ3) is 2.91. The normalized spacial score (nSPS) is 21.8. The van der Waals surface area contributed by atoms with Gasteiger partial charge in [0, 0.05) is 13.1 Å². The molecule has 7 heteroatoms. The third-order valence-corrected chi connectivity index (χ3v) is 5.73. The minimum Gasteiger partial charge on any atom is -0.365 e. The van der Waals surface area contributed by atoms with Crippen LogP contribution in [0.25, 0.3) is 0 Å². The summed E-state index contributed by atoms with van der Waals surface area (Å²) in [5.74, 6) is -0.334. The Balaban J connectivity index is 1.93. The van der Waals surface area contributed by atoms with Crippen LogP contribution in [0.15, 0.2) is 28.8 Å². The van der Waals surface area contributed by atoms with E-state index in [-0.39, 0.29) is 16.9 Å². The van der Waals surface area contributed by atoms with Crippen molar-refractivity contribution in [2.75, 3.05) is 13.1 Å². The Morgan fingerprint density at radius 2 is 2.00 bits per heavy atom. The van der Waals surface area contributed by atoms with E-state index < -0.39 is 0 Å². The van der Waals surface area contributed by atoms with E-state index in [1.165, 1.54) is 11.8 Å². The van der Waals surface area contributed by atoms with Gasteiger partial charge in [-0.3, -0.25) is 4.79 Å². The van der Waals surface area contributed by atoms with E-state index in [9.17, 15) is 10.1 Å². The molecule has 1 N–H and O–H groups in total. The molecule has 0 aromatic heterocycles. The smallest absolute Gasteiger partial charge is 0.265 e. The van der Waals surface area contributed by atoms with Crippen LogP contribution >= 0.6 is 35.0 Å². The topological polar surface area (TPSA) is 56.1 Å². The highest BCUT2D eigenvalue weighted by atomic mass is 35.5. The second-order valence-electron chi connectivity index (χ2n) is 5.13. The number of nitriles is 1. The zero-order valence-corrected chi connectivity index (χ0v) is 13.9. The number of amides is 1. The average molecular weight is 354 g/mol. The van der Waals surface area contributed by atoms with Gasteiger partial charge in [0.25, 0.3) is 5.91 Å². The molecule has 0 saturated carbocycles. The van der Waals surface area contributed by atoms with Gasteiger partial charge in [-0.05, 0) is 30.5 Å². The Bertz CT molecular complexity index is 693. The van der Waals surface area contributed by atoms with Crippen molar-refractivity contribution in [1.29, 1.82) is 5.26 Å². The Morgan fingerprint density at radius 1 is 1.27 bits per heavy atom. The van der Waals surface area contributed by atoms with Crippen molar-refractivity contribution in [1.82, 2.24) is 10.2 Å². The van der Waals surface area contributed by atoms with Gasteiger partial charge in [0.15, 0.2) is 0 Å². The fraction of sp³-hybridized carbons (Fsp3) is 0.333. The number of halogens is 2. The molecule has 0 aliphatic carbocycles. The van der Waals surface area contributed by atoms with Crippen LogP contribution in [-0.4, -0.2) is 23.9 Å². The average Bonchev–Trinajstić information content (AvgIpc) is 3.03. The number of benzene rings is 1. The van der Waals surface area contributed by atoms with Crippen LogP contribution in [0.2, 0.25) is 10.0 Å². The maximum atomic E-state index is 12.2. The highest BCUT2D eigenvalue weighted by Gasteiger charge is 2.32. The van der Waals surface area contributed by atoms with Gasteiger partial charge < -0.3 is 10.2 Å². The quantitative estimate of drug-likeness (QED) is 0.880. The molecule has 0 radical (unpaired) electrons. The van der Waals surface area contributed by atoms with E-state index in [2.05, 4.69) is 10.2 Å². The first-order valence-corrected chi connectivity index (χ1v) is 8.55. The van der Waals surface area contributed by atoms with E-state index in [1.807, 2.05) is 12.1 Å². The molecule has 0 spiro atoms. The first-order chi connectivity index (χ1) is 10.6. The van der Waals surface area contributed by atoms with Gasteiger partial charge in [0.2, 0.25) is 0 Å². The molecule has 1 fully saturated rings. The van der Waals surface area contributed by atoms with Gasteiger partial charge in [-0.25, -0.2) is 0 Å². The highest BCUT2D eigenvalue weighted by Crippen LogP contribution is 2.41. The molecule has 22 heavy (non-hydrogen) atoms. The van der Waals surface area contributed by atoms with E-state index in [4.69, 9.17) is 23.2 Å². The first kappa shape index (κ1) is 15.5. The van der Waals surface area contributed by atoms with Gasteiger partial charge in [-0.1, -0.05) is 41.0 Å². The summed E-state index contributed by atoms with van der Waals surface area (Å²) in [7, 11) is 0. The maximum absolute atomic E-state index is 12.2. The maximum Gasteiger partial charge on any atom is 0.265 e. The van der Waals surface area contributed by atoms with Crippen LogP contribution in [0.5, 0.6) is 0 Å². The molecule has 2 aliphatic rings. The Labute approximate surface area is 143 Å². The van der Waals surface area contributed by atoms with Gasteiger partial charge in [-0.15, -0.1) is 0 Å². The number of carbonyl (C=O) groups is 1. The summed E-state index contributed by atoms with van der Waals surface area (Å²) in [6.07, 6.45) is 2.17. The van der Waals surface area contributed by atoms with E-state index in [0.29, 0.717) is 10.0 Å². The van der Waals surface area contributed by atoms with Crippen LogP contribution < -0.4 is 5.32 Å². The lowest BCUT2D eigenvalue weighted by molar-refractivity contribution is -0.117. The standard InChI is InChI=1S/C15H13Cl2N3OS/c16-11-4-3-9(7-12(11)17)14-19-13(21)10(8-18)15(22-14)20-5-1-2-6-20/h3-4,7,14H,1-2,5-6H2,(H,19,21). The van der Waals surface area contributed by atoms with E-state index in [0.717, 1.165) is 36.5 Å². The fourth-order valence-electron chi connectivity index (χ4n) is 2.57. The van der Waals surface area contributed by atoms with Crippen molar-refractivity contribution < 1.29 is 4.79 Å². The zero-order valence-electron chi connectivity index (χ0n) is 11.6. The molecular weight excluding hydrogens is 341 g/mol. The molecular formula is C15H13Cl2N3OS. The molecule has 3 rings (SSSR count). The van der Waals surface area contributed by atoms with Crippen LogP contribution in [0, 0.1) is 11.3 Å². The number of hydrogen-bond donors (Lipinski definition) is 1. The van der Waals surface area contributed by atoms with Crippen LogP contribution in [-0.2, 0) is 4.79 Å². The van der Waals surface area contributed by atoms with E-state index >= 15 is 0 Å². The number of hydrogen-bond acceptors (Lipinski definition) is 4. The number of carbonyl (C=O) groups excluding carboxylic acids is 1. The predicted molar refractivity (Wildman–Crippen MR) is 88.4 cm³/mol. The summed E-state index contributed by atoms with van der Waals surface area (Å²) in [6, 6.07) is 7.33. The first-order valence-electron chi connectivity index (χ1n) is 6.92. The summed E-state index contributed by atoms with van der Waals surface area (Å²) in [5.41, 5.74) is 1.06. The Kier molecular flexibility index (Phi) is 4.53. The van der Waals surface area contributed by atoms with Crippen LogP contribution in [0.3, 0.4) is 0 Å². The summed E-state index contributed by atoms with van der Waals surface area (Å²) in [6.45, 7) is 1.77. The lowest BCUT2D eigenvalue weighted by Gasteiger charge is -2.30. The van der Waals surface area contributed by atoms with Crippen molar-refractivity contribution in [2.24, 2.45) is 0 Å². The largest absolute Gasteiger partial charge is 0.365 e. The number of rotatable bonds is 2. The number of nitrogens with one attached hydrogen (secondary N) is 1. The third-order valence-electron chi connectivity index (χ3n) is 3.68. The number of likely N-dealkylation sites (tertiary alicyclic amines) is 1. The van der Waals surface area contributed by atoms with Crippen molar-refractivity contribution in [3.05, 3.63) is 44.4 Å². The van der Waals surface area contributed by atoms with Crippen molar-refractivity contribution >= 4 is 40.9 Å². The minimum atomic E-state index is -0.334. The lowest BCUT2D eigenvalue weighted by atomic mass is 10.2. The van der Waals surface area contributed by atoms with Crippen molar-refractivity contribution in [3.8, 4) is 6.07 Å². The second kappa shape index (κ2) is 6.41. The molecule has 1 aromatic carbocycles. The monoisotopic (exact) mass is 353 g/mol. The SMILES string of the molecule is N#CC1=C(N2CCCC2)SC(c2ccc(Cl)c(Cl)c2)NC1=O.